The zero-order chi connectivity index (χ0) is 15.3. The number of carbonyl (C=O) groups is 1. The maximum absolute atomic E-state index is 12.7. The van der Waals surface area contributed by atoms with Gasteiger partial charge >= 0.3 is 0 Å². The van der Waals surface area contributed by atoms with Crippen LogP contribution in [0.15, 0.2) is 35.8 Å². The van der Waals surface area contributed by atoms with Crippen LogP contribution in [0.3, 0.4) is 0 Å². The van der Waals surface area contributed by atoms with Crippen molar-refractivity contribution in [1.29, 1.82) is 0 Å². The molecule has 6 heteroatoms. The van der Waals surface area contributed by atoms with E-state index in [9.17, 15) is 4.79 Å². The SMILES string of the molecule is Cc1nc2n(n1)[C@H](c1ccncc1)C1=C(C[C@H](C)CC1=O)N2. The summed E-state index contributed by atoms with van der Waals surface area (Å²) < 4.78 is 1.82. The number of aromatic nitrogens is 4. The minimum atomic E-state index is -0.213. The molecular formula is C16H17N5O. The zero-order valence-electron chi connectivity index (χ0n) is 12.6. The normalized spacial score (nSPS) is 23.8. The third kappa shape index (κ3) is 1.94. The Hall–Kier alpha value is -2.50. The van der Waals surface area contributed by atoms with Crippen molar-refractivity contribution >= 4 is 11.7 Å². The molecule has 2 atom stereocenters. The molecule has 2 aliphatic rings. The Morgan fingerprint density at radius 2 is 2.05 bits per heavy atom. The minimum absolute atomic E-state index is 0.196. The van der Waals surface area contributed by atoms with E-state index in [0.29, 0.717) is 24.1 Å². The topological polar surface area (TPSA) is 72.7 Å². The van der Waals surface area contributed by atoms with Crippen molar-refractivity contribution in [3.05, 3.63) is 47.2 Å². The minimum Gasteiger partial charge on any atom is -0.328 e. The second-order valence-corrected chi connectivity index (χ2v) is 6.06. The maximum atomic E-state index is 12.7. The number of hydrogen-bond donors (Lipinski definition) is 1. The first-order valence-corrected chi connectivity index (χ1v) is 7.50. The molecule has 22 heavy (non-hydrogen) atoms. The fraction of sp³-hybridized carbons (Fsp3) is 0.375. The number of nitrogens with one attached hydrogen (secondary N) is 1. The van der Waals surface area contributed by atoms with Crippen molar-refractivity contribution in [3.63, 3.8) is 0 Å². The molecule has 0 saturated carbocycles. The third-order valence-electron chi connectivity index (χ3n) is 4.25. The van der Waals surface area contributed by atoms with E-state index in [1.807, 2.05) is 23.7 Å². The van der Waals surface area contributed by atoms with E-state index < -0.39 is 0 Å². The van der Waals surface area contributed by atoms with Gasteiger partial charge in [0.05, 0.1) is 0 Å². The van der Waals surface area contributed by atoms with Crippen molar-refractivity contribution in [2.45, 2.75) is 32.7 Å². The number of rotatable bonds is 1. The van der Waals surface area contributed by atoms with Gasteiger partial charge in [-0.1, -0.05) is 6.92 Å². The van der Waals surface area contributed by atoms with Crippen LogP contribution in [0, 0.1) is 12.8 Å². The number of nitrogens with zero attached hydrogens (tertiary/aromatic N) is 4. The molecule has 0 spiro atoms. The van der Waals surface area contributed by atoms with Crippen molar-refractivity contribution in [1.82, 2.24) is 19.7 Å². The summed E-state index contributed by atoms with van der Waals surface area (Å²) in [5.74, 6) is 1.95. The molecule has 4 rings (SSSR count). The van der Waals surface area contributed by atoms with E-state index in [4.69, 9.17) is 0 Å². The summed E-state index contributed by atoms with van der Waals surface area (Å²) in [5, 5.41) is 7.80. The average Bonchev–Trinajstić information content (AvgIpc) is 2.85. The zero-order valence-corrected chi connectivity index (χ0v) is 12.6. The van der Waals surface area contributed by atoms with Gasteiger partial charge in [-0.25, -0.2) is 4.68 Å². The lowest BCUT2D eigenvalue weighted by atomic mass is 9.81. The summed E-state index contributed by atoms with van der Waals surface area (Å²) in [5.41, 5.74) is 2.82. The summed E-state index contributed by atoms with van der Waals surface area (Å²) in [6.45, 7) is 3.97. The molecule has 1 aliphatic heterocycles. The lowest BCUT2D eigenvalue weighted by Crippen LogP contribution is -2.33. The number of hydrogen-bond acceptors (Lipinski definition) is 5. The molecule has 0 amide bonds. The van der Waals surface area contributed by atoms with Crippen molar-refractivity contribution in [2.24, 2.45) is 5.92 Å². The van der Waals surface area contributed by atoms with Crippen LogP contribution < -0.4 is 5.32 Å². The predicted molar refractivity (Wildman–Crippen MR) is 81.2 cm³/mol. The monoisotopic (exact) mass is 295 g/mol. The maximum Gasteiger partial charge on any atom is 0.226 e. The van der Waals surface area contributed by atoms with Gasteiger partial charge in [0.15, 0.2) is 5.78 Å². The van der Waals surface area contributed by atoms with Crippen LogP contribution in [0.25, 0.3) is 0 Å². The molecule has 2 aromatic heterocycles. The van der Waals surface area contributed by atoms with Crippen LogP contribution in [-0.2, 0) is 4.79 Å². The first-order chi connectivity index (χ1) is 10.6. The lowest BCUT2D eigenvalue weighted by molar-refractivity contribution is -0.117. The Labute approximate surface area is 128 Å². The van der Waals surface area contributed by atoms with Gasteiger partial charge in [-0.05, 0) is 37.0 Å². The molecular weight excluding hydrogens is 278 g/mol. The highest BCUT2D eigenvalue weighted by Gasteiger charge is 2.38. The highest BCUT2D eigenvalue weighted by Crippen LogP contribution is 2.40. The molecule has 0 radical (unpaired) electrons. The van der Waals surface area contributed by atoms with E-state index in [1.165, 1.54) is 0 Å². The van der Waals surface area contributed by atoms with Crippen molar-refractivity contribution < 1.29 is 4.79 Å². The van der Waals surface area contributed by atoms with E-state index in [2.05, 4.69) is 27.3 Å². The Balaban J connectivity index is 1.92. The highest BCUT2D eigenvalue weighted by atomic mass is 16.1. The van der Waals surface area contributed by atoms with E-state index in [-0.39, 0.29) is 11.8 Å². The molecule has 112 valence electrons. The molecule has 0 bridgehead atoms. The fourth-order valence-corrected chi connectivity index (χ4v) is 3.37. The van der Waals surface area contributed by atoms with Crippen LogP contribution in [-0.4, -0.2) is 25.5 Å². The number of aryl methyl sites for hydroxylation is 1. The number of ketones is 1. The second-order valence-electron chi connectivity index (χ2n) is 6.06. The van der Waals surface area contributed by atoms with Gasteiger partial charge in [0.1, 0.15) is 11.9 Å². The van der Waals surface area contributed by atoms with Gasteiger partial charge in [0.25, 0.3) is 0 Å². The van der Waals surface area contributed by atoms with Crippen LogP contribution in [0.2, 0.25) is 0 Å². The quantitative estimate of drug-likeness (QED) is 0.873. The number of pyridine rings is 1. The number of fused-ring (bicyclic) bond motifs is 1. The van der Waals surface area contributed by atoms with Crippen LogP contribution >= 0.6 is 0 Å². The smallest absolute Gasteiger partial charge is 0.226 e. The van der Waals surface area contributed by atoms with E-state index in [0.717, 1.165) is 23.3 Å². The average molecular weight is 295 g/mol. The highest BCUT2D eigenvalue weighted by molar-refractivity contribution is 5.99. The van der Waals surface area contributed by atoms with Gasteiger partial charge in [-0.2, -0.15) is 10.1 Å². The number of Topliss-reactive ketones (excluding diaryl/α,β-unsaturated/α-hetero) is 1. The summed E-state index contributed by atoms with van der Waals surface area (Å²) >= 11 is 0. The van der Waals surface area contributed by atoms with Gasteiger partial charge < -0.3 is 5.32 Å². The summed E-state index contributed by atoms with van der Waals surface area (Å²) in [7, 11) is 0. The second kappa shape index (κ2) is 4.76. The predicted octanol–water partition coefficient (Wildman–Crippen LogP) is 2.25. The largest absolute Gasteiger partial charge is 0.328 e. The number of allylic oxidation sites excluding steroid dienone is 2. The molecule has 3 heterocycles. The first-order valence-electron chi connectivity index (χ1n) is 7.50. The van der Waals surface area contributed by atoms with Gasteiger partial charge in [-0.3, -0.25) is 9.78 Å². The Morgan fingerprint density at radius 1 is 1.27 bits per heavy atom. The molecule has 0 aromatic carbocycles. The molecule has 0 saturated heterocycles. The molecule has 6 nitrogen and oxygen atoms in total. The Morgan fingerprint density at radius 3 is 2.82 bits per heavy atom. The lowest BCUT2D eigenvalue weighted by Gasteiger charge is -2.34. The van der Waals surface area contributed by atoms with Crippen molar-refractivity contribution in [3.8, 4) is 0 Å². The van der Waals surface area contributed by atoms with E-state index in [1.54, 1.807) is 12.4 Å². The number of anilines is 1. The summed E-state index contributed by atoms with van der Waals surface area (Å²) in [4.78, 5) is 21.2. The molecule has 0 fully saturated rings. The van der Waals surface area contributed by atoms with Gasteiger partial charge in [-0.15, -0.1) is 0 Å². The van der Waals surface area contributed by atoms with E-state index >= 15 is 0 Å². The molecule has 1 aliphatic carbocycles. The van der Waals surface area contributed by atoms with Crippen molar-refractivity contribution in [2.75, 3.05) is 5.32 Å². The third-order valence-corrected chi connectivity index (χ3v) is 4.25. The number of carbonyl (C=O) groups excluding carboxylic acids is 1. The van der Waals surface area contributed by atoms with Crippen LogP contribution in [0.1, 0.15) is 37.2 Å². The summed E-state index contributed by atoms with van der Waals surface area (Å²) in [6, 6.07) is 3.66. The molecule has 0 unspecified atom stereocenters. The Kier molecular flexibility index (Phi) is 2.85. The molecule has 1 N–H and O–H groups in total. The first kappa shape index (κ1) is 13.2. The fourth-order valence-electron chi connectivity index (χ4n) is 3.37. The Bertz CT molecular complexity index is 777. The summed E-state index contributed by atoms with van der Waals surface area (Å²) in [6.07, 6.45) is 4.95. The van der Waals surface area contributed by atoms with Crippen LogP contribution in [0.4, 0.5) is 5.95 Å². The van der Waals surface area contributed by atoms with Gasteiger partial charge in [0, 0.05) is 30.1 Å². The van der Waals surface area contributed by atoms with Gasteiger partial charge in [0.2, 0.25) is 5.95 Å². The standard InChI is InChI=1S/C16H17N5O/c1-9-7-12-14(13(22)8-9)15(11-3-5-17-6-4-11)21-16(19-12)18-10(2)20-21/h3-6,9,15H,7-8H2,1-2H3,(H,18,19,20)/t9-,15+/m0/s1. The molecule has 2 aromatic rings. The van der Waals surface area contributed by atoms with Crippen LogP contribution in [0.5, 0.6) is 0 Å².